The lowest BCUT2D eigenvalue weighted by Crippen LogP contribution is -2.61. The number of carbonyl (C=O) groups is 2. The molecule has 184 valence electrons. The number of likely N-dealkylation sites (tertiary alicyclic amines) is 1. The van der Waals surface area contributed by atoms with Crippen LogP contribution >= 0.6 is 0 Å². The van der Waals surface area contributed by atoms with Crippen LogP contribution in [0, 0.1) is 5.92 Å². The highest BCUT2D eigenvalue weighted by Crippen LogP contribution is 2.41. The fraction of sp³-hybridized carbons (Fsp3) is 0.393. The summed E-state index contributed by atoms with van der Waals surface area (Å²) in [6.07, 6.45) is 7.60. The minimum absolute atomic E-state index is 0.0107. The number of ketones is 1. The van der Waals surface area contributed by atoms with Gasteiger partial charge in [-0.2, -0.15) is 0 Å². The topological polar surface area (TPSA) is 88.4 Å². The zero-order valence-corrected chi connectivity index (χ0v) is 20.2. The van der Waals surface area contributed by atoms with E-state index in [0.29, 0.717) is 36.8 Å². The fourth-order valence-corrected chi connectivity index (χ4v) is 5.60. The average molecular weight is 484 g/mol. The van der Waals surface area contributed by atoms with Crippen LogP contribution in [0.2, 0.25) is 0 Å². The van der Waals surface area contributed by atoms with Gasteiger partial charge in [0.1, 0.15) is 0 Å². The van der Waals surface area contributed by atoms with Crippen LogP contribution in [-0.4, -0.2) is 56.3 Å². The van der Waals surface area contributed by atoms with Gasteiger partial charge in [-0.25, -0.2) is 4.98 Å². The van der Waals surface area contributed by atoms with Gasteiger partial charge in [0.2, 0.25) is 11.9 Å². The second-order valence-corrected chi connectivity index (χ2v) is 10.1. The van der Waals surface area contributed by atoms with Gasteiger partial charge in [0.25, 0.3) is 5.56 Å². The largest absolute Gasteiger partial charge is 0.342 e. The lowest BCUT2D eigenvalue weighted by molar-refractivity contribution is -0.134. The molecule has 3 aromatic rings. The molecule has 2 fully saturated rings. The molecule has 0 unspecified atom stereocenters. The van der Waals surface area contributed by atoms with Crippen molar-refractivity contribution in [1.29, 1.82) is 0 Å². The maximum atomic E-state index is 13.4. The van der Waals surface area contributed by atoms with Crippen LogP contribution in [0.3, 0.4) is 0 Å². The number of pyridine rings is 1. The number of hydrogen-bond donors (Lipinski definition) is 0. The van der Waals surface area contributed by atoms with Gasteiger partial charge >= 0.3 is 0 Å². The summed E-state index contributed by atoms with van der Waals surface area (Å²) >= 11 is 0. The third-order valence-corrected chi connectivity index (χ3v) is 7.91. The van der Waals surface area contributed by atoms with Crippen molar-refractivity contribution in [2.24, 2.45) is 5.92 Å². The number of hydrogen-bond acceptors (Lipinski definition) is 6. The van der Waals surface area contributed by atoms with E-state index in [9.17, 15) is 14.4 Å². The molecule has 8 nitrogen and oxygen atoms in total. The molecule has 1 amide bonds. The number of rotatable bonds is 5. The first-order chi connectivity index (χ1) is 17.5. The van der Waals surface area contributed by atoms with Crippen LogP contribution in [0.15, 0.2) is 65.7 Å². The summed E-state index contributed by atoms with van der Waals surface area (Å²) in [6.45, 7) is 2.01. The Hall–Kier alpha value is -3.81. The van der Waals surface area contributed by atoms with Gasteiger partial charge in [-0.1, -0.05) is 30.3 Å². The lowest BCUT2D eigenvalue weighted by atomic mass is 9.81. The highest BCUT2D eigenvalue weighted by molar-refractivity contribution is 5.99. The molecule has 1 aromatic carbocycles. The summed E-state index contributed by atoms with van der Waals surface area (Å²) < 4.78 is 1.69. The van der Waals surface area contributed by atoms with Crippen molar-refractivity contribution in [1.82, 2.24) is 19.4 Å². The van der Waals surface area contributed by atoms with Crippen molar-refractivity contribution < 1.29 is 9.59 Å². The normalized spacial score (nSPS) is 18.7. The van der Waals surface area contributed by atoms with Gasteiger partial charge < -0.3 is 9.80 Å². The van der Waals surface area contributed by atoms with Crippen molar-refractivity contribution >= 4 is 17.6 Å². The molecule has 4 heterocycles. The first-order valence-electron chi connectivity index (χ1n) is 12.7. The molecule has 8 heteroatoms. The summed E-state index contributed by atoms with van der Waals surface area (Å²) in [5, 5.41) is 0. The van der Waals surface area contributed by atoms with Gasteiger partial charge in [0, 0.05) is 60.7 Å². The van der Waals surface area contributed by atoms with Crippen molar-refractivity contribution in [2.45, 2.75) is 44.2 Å². The van der Waals surface area contributed by atoms with E-state index >= 15 is 0 Å². The van der Waals surface area contributed by atoms with Gasteiger partial charge in [-0.05, 0) is 44.2 Å². The van der Waals surface area contributed by atoms with Gasteiger partial charge in [0.15, 0.2) is 5.78 Å². The molecule has 0 N–H and O–H groups in total. The van der Waals surface area contributed by atoms with E-state index in [1.165, 1.54) is 0 Å². The molecule has 36 heavy (non-hydrogen) atoms. The summed E-state index contributed by atoms with van der Waals surface area (Å²) in [7, 11) is 0. The van der Waals surface area contributed by atoms with Crippen molar-refractivity contribution in [3.63, 3.8) is 0 Å². The SMILES string of the molecule is O=C(CN1c2nc(-c3ccncc3)cc(=O)n2CCC12CCN(C(=O)C1CC1)CC2)c1ccccc1. The predicted octanol–water partition coefficient (Wildman–Crippen LogP) is 3.17. The number of piperidine rings is 1. The first kappa shape index (κ1) is 22.6. The Morgan fingerprint density at radius 3 is 2.33 bits per heavy atom. The summed E-state index contributed by atoms with van der Waals surface area (Å²) in [6, 6.07) is 14.5. The Balaban J connectivity index is 1.38. The maximum absolute atomic E-state index is 13.4. The molecule has 2 aromatic heterocycles. The monoisotopic (exact) mass is 483 g/mol. The van der Waals surface area contributed by atoms with E-state index in [1.807, 2.05) is 47.4 Å². The Morgan fingerprint density at radius 2 is 1.64 bits per heavy atom. The molecular formula is C28H29N5O3. The highest BCUT2D eigenvalue weighted by Gasteiger charge is 2.47. The van der Waals surface area contributed by atoms with Gasteiger partial charge in [-0.15, -0.1) is 0 Å². The summed E-state index contributed by atoms with van der Waals surface area (Å²) in [5.74, 6) is 0.989. The second kappa shape index (κ2) is 9.00. The van der Waals surface area contributed by atoms with Crippen LogP contribution in [0.1, 0.15) is 42.5 Å². The second-order valence-electron chi connectivity index (χ2n) is 10.1. The highest BCUT2D eigenvalue weighted by atomic mass is 16.2. The van der Waals surface area contributed by atoms with Gasteiger partial charge in [0.05, 0.1) is 12.2 Å². The van der Waals surface area contributed by atoms with E-state index < -0.39 is 0 Å². The minimum Gasteiger partial charge on any atom is -0.342 e. The molecule has 1 spiro atoms. The number of benzene rings is 1. The first-order valence-corrected chi connectivity index (χ1v) is 12.7. The van der Waals surface area contributed by atoms with Crippen LogP contribution in [0.25, 0.3) is 11.3 Å². The maximum Gasteiger partial charge on any atom is 0.255 e. The zero-order chi connectivity index (χ0) is 24.7. The molecule has 1 saturated heterocycles. The van der Waals surface area contributed by atoms with Crippen LogP contribution < -0.4 is 10.5 Å². The Labute approximate surface area is 209 Å². The van der Waals surface area contributed by atoms with E-state index in [1.54, 1.807) is 23.0 Å². The third-order valence-electron chi connectivity index (χ3n) is 7.91. The van der Waals surface area contributed by atoms with Crippen molar-refractivity contribution in [2.75, 3.05) is 24.5 Å². The number of Topliss-reactive ketones (excluding diaryl/α,β-unsaturated/α-hetero) is 1. The molecule has 0 radical (unpaired) electrons. The molecule has 2 aliphatic heterocycles. The third kappa shape index (κ3) is 4.10. The summed E-state index contributed by atoms with van der Waals surface area (Å²) in [4.78, 5) is 52.4. The molecule has 1 aliphatic carbocycles. The standard InChI is InChI=1S/C28H29N5O3/c34-24(21-4-2-1-3-5-21)19-33-27-30-23(20-8-13-29-14-9-20)18-25(35)32(27)17-12-28(33)10-15-31(16-11-28)26(36)22-6-7-22/h1-5,8-9,13-14,18,22H,6-7,10-12,15-17,19H2. The molecule has 0 atom stereocenters. The minimum atomic E-state index is -0.332. The Morgan fingerprint density at radius 1 is 0.944 bits per heavy atom. The number of nitrogens with zero attached hydrogens (tertiary/aromatic N) is 5. The predicted molar refractivity (Wildman–Crippen MR) is 136 cm³/mol. The Kier molecular flexibility index (Phi) is 5.66. The zero-order valence-electron chi connectivity index (χ0n) is 20.2. The van der Waals surface area contributed by atoms with Crippen LogP contribution in [-0.2, 0) is 11.3 Å². The number of fused-ring (bicyclic) bond motifs is 1. The molecule has 3 aliphatic rings. The average Bonchev–Trinajstić information content (AvgIpc) is 3.77. The van der Waals surface area contributed by atoms with E-state index in [4.69, 9.17) is 4.98 Å². The van der Waals surface area contributed by atoms with Crippen molar-refractivity contribution in [3.8, 4) is 11.3 Å². The number of amides is 1. The van der Waals surface area contributed by atoms with Crippen LogP contribution in [0.4, 0.5) is 5.95 Å². The number of carbonyl (C=O) groups excluding carboxylic acids is 2. The molecule has 6 rings (SSSR count). The number of anilines is 1. The van der Waals surface area contributed by atoms with E-state index in [0.717, 1.165) is 37.7 Å². The quantitative estimate of drug-likeness (QED) is 0.518. The number of aromatic nitrogens is 3. The smallest absolute Gasteiger partial charge is 0.255 e. The Bertz CT molecular complexity index is 1340. The van der Waals surface area contributed by atoms with E-state index in [-0.39, 0.29) is 35.3 Å². The van der Waals surface area contributed by atoms with Crippen LogP contribution in [0.5, 0.6) is 0 Å². The van der Waals surface area contributed by atoms with Gasteiger partial charge in [-0.3, -0.25) is 23.9 Å². The molecule has 0 bridgehead atoms. The molecular weight excluding hydrogens is 454 g/mol. The fourth-order valence-electron chi connectivity index (χ4n) is 5.60. The van der Waals surface area contributed by atoms with Crippen molar-refractivity contribution in [3.05, 3.63) is 76.8 Å². The lowest BCUT2D eigenvalue weighted by Gasteiger charge is -2.52. The summed E-state index contributed by atoms with van der Waals surface area (Å²) in [5.41, 5.74) is 1.56. The molecule has 1 saturated carbocycles. The van der Waals surface area contributed by atoms with E-state index in [2.05, 4.69) is 9.88 Å².